The topological polar surface area (TPSA) is 38.3 Å². The number of carbonyl (C=O) groups is 1. The zero-order chi connectivity index (χ0) is 14.5. The Labute approximate surface area is 119 Å². The van der Waals surface area contributed by atoms with Crippen molar-refractivity contribution in [3.8, 4) is 5.75 Å². The average molecular weight is 269 g/mol. The fourth-order valence-corrected chi connectivity index (χ4v) is 1.91. The number of ether oxygens (including phenoxy) is 1. The molecule has 2 aromatic rings. The van der Waals surface area contributed by atoms with E-state index >= 15 is 0 Å². The van der Waals surface area contributed by atoms with Gasteiger partial charge in [-0.05, 0) is 54.8 Å². The third kappa shape index (κ3) is 3.38. The normalized spacial score (nSPS) is 10.2. The first-order chi connectivity index (χ1) is 9.60. The summed E-state index contributed by atoms with van der Waals surface area (Å²) in [5, 5.41) is 2.92. The van der Waals surface area contributed by atoms with E-state index in [9.17, 15) is 4.79 Å². The number of rotatable bonds is 4. The molecule has 0 saturated carbocycles. The molecular formula is C17H19NO2. The predicted molar refractivity (Wildman–Crippen MR) is 80.1 cm³/mol. The molecule has 0 aromatic heterocycles. The van der Waals surface area contributed by atoms with E-state index in [1.165, 1.54) is 5.56 Å². The number of amides is 1. The van der Waals surface area contributed by atoms with E-state index in [0.717, 1.165) is 16.9 Å². The van der Waals surface area contributed by atoms with Crippen LogP contribution in [0, 0.1) is 13.8 Å². The summed E-state index contributed by atoms with van der Waals surface area (Å²) in [7, 11) is 1.64. The molecule has 0 fully saturated rings. The highest BCUT2D eigenvalue weighted by molar-refractivity contribution is 5.94. The molecule has 104 valence electrons. The fourth-order valence-electron chi connectivity index (χ4n) is 1.91. The van der Waals surface area contributed by atoms with Crippen LogP contribution >= 0.6 is 0 Å². The molecule has 1 N–H and O–H groups in total. The Morgan fingerprint density at radius 2 is 1.75 bits per heavy atom. The minimum Gasteiger partial charge on any atom is -0.497 e. The molecule has 3 nitrogen and oxygen atoms in total. The van der Waals surface area contributed by atoms with Crippen molar-refractivity contribution in [1.82, 2.24) is 5.32 Å². The molecule has 2 aromatic carbocycles. The summed E-state index contributed by atoms with van der Waals surface area (Å²) in [5.41, 5.74) is 4.06. The number of aryl methyl sites for hydroxylation is 2. The van der Waals surface area contributed by atoms with Crippen LogP contribution in [0.1, 0.15) is 27.0 Å². The van der Waals surface area contributed by atoms with Crippen molar-refractivity contribution >= 4 is 5.91 Å². The Bertz CT molecular complexity index is 603. The minimum atomic E-state index is -0.0519. The van der Waals surface area contributed by atoms with Gasteiger partial charge in [-0.1, -0.05) is 18.2 Å². The van der Waals surface area contributed by atoms with Gasteiger partial charge in [0.25, 0.3) is 5.91 Å². The number of methoxy groups -OCH3 is 1. The summed E-state index contributed by atoms with van der Waals surface area (Å²) in [6.07, 6.45) is 0. The second kappa shape index (κ2) is 6.24. The summed E-state index contributed by atoms with van der Waals surface area (Å²) in [6, 6.07) is 13.4. The van der Waals surface area contributed by atoms with Gasteiger partial charge in [0.15, 0.2) is 0 Å². The van der Waals surface area contributed by atoms with Gasteiger partial charge in [-0.3, -0.25) is 4.79 Å². The molecule has 20 heavy (non-hydrogen) atoms. The number of carbonyl (C=O) groups excluding carboxylic acids is 1. The second-order valence-electron chi connectivity index (χ2n) is 4.83. The van der Waals surface area contributed by atoms with Crippen LogP contribution in [0.2, 0.25) is 0 Å². The Hall–Kier alpha value is -2.29. The maximum absolute atomic E-state index is 12.1. The Morgan fingerprint density at radius 3 is 2.35 bits per heavy atom. The lowest BCUT2D eigenvalue weighted by Crippen LogP contribution is -2.22. The Morgan fingerprint density at radius 1 is 1.05 bits per heavy atom. The van der Waals surface area contributed by atoms with Crippen molar-refractivity contribution in [2.24, 2.45) is 0 Å². The van der Waals surface area contributed by atoms with Gasteiger partial charge in [-0.25, -0.2) is 0 Å². The van der Waals surface area contributed by atoms with Crippen molar-refractivity contribution in [3.63, 3.8) is 0 Å². The lowest BCUT2D eigenvalue weighted by molar-refractivity contribution is 0.0951. The van der Waals surface area contributed by atoms with Crippen LogP contribution in [0.4, 0.5) is 0 Å². The van der Waals surface area contributed by atoms with E-state index in [-0.39, 0.29) is 5.91 Å². The summed E-state index contributed by atoms with van der Waals surface area (Å²) in [4.78, 5) is 12.1. The zero-order valence-corrected chi connectivity index (χ0v) is 12.1. The van der Waals surface area contributed by atoms with Gasteiger partial charge in [-0.15, -0.1) is 0 Å². The van der Waals surface area contributed by atoms with Gasteiger partial charge in [-0.2, -0.15) is 0 Å². The first-order valence-electron chi connectivity index (χ1n) is 6.58. The van der Waals surface area contributed by atoms with E-state index in [2.05, 4.69) is 5.32 Å². The standard InChI is InChI=1S/C17H19NO2/c1-12-4-7-15(10-13(12)2)17(19)18-11-14-5-8-16(20-3)9-6-14/h4-10H,11H2,1-3H3,(H,18,19). The van der Waals surface area contributed by atoms with Gasteiger partial charge < -0.3 is 10.1 Å². The molecule has 0 aliphatic rings. The molecule has 0 aliphatic heterocycles. The molecule has 0 bridgehead atoms. The molecule has 1 amide bonds. The highest BCUT2D eigenvalue weighted by atomic mass is 16.5. The van der Waals surface area contributed by atoms with Gasteiger partial charge >= 0.3 is 0 Å². The highest BCUT2D eigenvalue weighted by Gasteiger charge is 2.06. The predicted octanol–water partition coefficient (Wildman–Crippen LogP) is 3.24. The molecule has 3 heteroatoms. The van der Waals surface area contributed by atoms with Gasteiger partial charge in [0.1, 0.15) is 5.75 Å². The number of nitrogens with one attached hydrogen (secondary N) is 1. The Kier molecular flexibility index (Phi) is 4.41. The first-order valence-corrected chi connectivity index (χ1v) is 6.58. The van der Waals surface area contributed by atoms with Crippen molar-refractivity contribution in [1.29, 1.82) is 0 Å². The molecule has 0 spiro atoms. The fraction of sp³-hybridized carbons (Fsp3) is 0.235. The van der Waals surface area contributed by atoms with Crippen LogP contribution in [0.5, 0.6) is 5.75 Å². The van der Waals surface area contributed by atoms with Gasteiger partial charge in [0.2, 0.25) is 0 Å². The van der Waals surface area contributed by atoms with E-state index in [1.807, 2.05) is 56.3 Å². The zero-order valence-electron chi connectivity index (χ0n) is 12.1. The monoisotopic (exact) mass is 269 g/mol. The van der Waals surface area contributed by atoms with E-state index in [0.29, 0.717) is 12.1 Å². The molecule has 0 saturated heterocycles. The van der Waals surface area contributed by atoms with Crippen molar-refractivity contribution in [3.05, 3.63) is 64.7 Å². The number of hydrogen-bond acceptors (Lipinski definition) is 2. The third-order valence-electron chi connectivity index (χ3n) is 3.38. The van der Waals surface area contributed by atoms with Crippen LogP contribution in [-0.2, 0) is 6.54 Å². The van der Waals surface area contributed by atoms with Crippen molar-refractivity contribution < 1.29 is 9.53 Å². The summed E-state index contributed by atoms with van der Waals surface area (Å²) in [6.45, 7) is 4.56. The molecular weight excluding hydrogens is 250 g/mol. The SMILES string of the molecule is COc1ccc(CNC(=O)c2ccc(C)c(C)c2)cc1. The van der Waals surface area contributed by atoms with E-state index in [1.54, 1.807) is 7.11 Å². The molecule has 0 aliphatic carbocycles. The van der Waals surface area contributed by atoms with Crippen LogP contribution < -0.4 is 10.1 Å². The molecule has 0 radical (unpaired) electrons. The first kappa shape index (κ1) is 14.1. The maximum Gasteiger partial charge on any atom is 0.251 e. The van der Waals surface area contributed by atoms with Crippen LogP contribution in [-0.4, -0.2) is 13.0 Å². The molecule has 0 atom stereocenters. The largest absolute Gasteiger partial charge is 0.497 e. The quantitative estimate of drug-likeness (QED) is 0.925. The van der Waals surface area contributed by atoms with Crippen LogP contribution in [0.3, 0.4) is 0 Å². The summed E-state index contributed by atoms with van der Waals surface area (Å²) >= 11 is 0. The van der Waals surface area contributed by atoms with E-state index in [4.69, 9.17) is 4.74 Å². The van der Waals surface area contributed by atoms with Crippen LogP contribution in [0.25, 0.3) is 0 Å². The third-order valence-corrected chi connectivity index (χ3v) is 3.38. The lowest BCUT2D eigenvalue weighted by Gasteiger charge is -2.08. The molecule has 0 heterocycles. The average Bonchev–Trinajstić information content (AvgIpc) is 2.48. The smallest absolute Gasteiger partial charge is 0.251 e. The molecule has 0 unspecified atom stereocenters. The van der Waals surface area contributed by atoms with E-state index < -0.39 is 0 Å². The summed E-state index contributed by atoms with van der Waals surface area (Å²) in [5.74, 6) is 0.762. The van der Waals surface area contributed by atoms with Crippen LogP contribution in [0.15, 0.2) is 42.5 Å². The van der Waals surface area contributed by atoms with Gasteiger partial charge in [0, 0.05) is 12.1 Å². The Balaban J connectivity index is 1.98. The summed E-state index contributed by atoms with van der Waals surface area (Å²) < 4.78 is 5.10. The van der Waals surface area contributed by atoms with Crippen molar-refractivity contribution in [2.75, 3.05) is 7.11 Å². The number of hydrogen-bond donors (Lipinski definition) is 1. The van der Waals surface area contributed by atoms with Gasteiger partial charge in [0.05, 0.1) is 7.11 Å². The molecule has 2 rings (SSSR count). The maximum atomic E-state index is 12.1. The highest BCUT2D eigenvalue weighted by Crippen LogP contribution is 2.12. The minimum absolute atomic E-state index is 0.0519. The second-order valence-corrected chi connectivity index (χ2v) is 4.83. The lowest BCUT2D eigenvalue weighted by atomic mass is 10.1. The van der Waals surface area contributed by atoms with Crippen molar-refractivity contribution in [2.45, 2.75) is 20.4 Å². The number of benzene rings is 2.